The number of hydrogen-bond donors (Lipinski definition) is 2. The van der Waals surface area contributed by atoms with Gasteiger partial charge in [-0.1, -0.05) is 30.3 Å². The van der Waals surface area contributed by atoms with Crippen LogP contribution in [0.25, 0.3) is 0 Å². The van der Waals surface area contributed by atoms with E-state index in [9.17, 15) is 0 Å². The van der Waals surface area contributed by atoms with E-state index >= 15 is 0 Å². The molecule has 0 aliphatic heterocycles. The fraction of sp³-hybridized carbons (Fsp3) is 0.273. The first kappa shape index (κ1) is 6.61. The van der Waals surface area contributed by atoms with E-state index in [-0.39, 0.29) is 42.0 Å². The highest BCUT2D eigenvalue weighted by molar-refractivity contribution is 5.93. The monoisotopic (exact) mass is 208 g/mol. The van der Waals surface area contributed by atoms with E-state index in [0.29, 0.717) is 0 Å². The Balaban J connectivity index is 2.91. The first-order valence-electron chi connectivity index (χ1n) is 6.49. The summed E-state index contributed by atoms with van der Waals surface area (Å²) < 4.78 is 30.7. The zero-order chi connectivity index (χ0) is 14.6. The normalized spacial score (nSPS) is 18.7. The third-order valence-corrected chi connectivity index (χ3v) is 1.46. The molecule has 4 N–H and O–H groups in total. The Morgan fingerprint density at radius 3 is 2.73 bits per heavy atom. The highest BCUT2D eigenvalue weighted by Gasteiger charge is 1.91. The van der Waals surface area contributed by atoms with Gasteiger partial charge in [-0.25, -0.2) is 4.99 Å². The molecule has 0 aliphatic rings. The summed E-state index contributed by atoms with van der Waals surface area (Å²) in [6.45, 7) is 1.55. The van der Waals surface area contributed by atoms with Crippen LogP contribution in [-0.4, -0.2) is 18.3 Å². The first-order valence-corrected chi connectivity index (χ1v) is 4.42. The molecule has 0 saturated carbocycles. The van der Waals surface area contributed by atoms with Crippen LogP contribution in [0.2, 0.25) is 0 Å². The first-order chi connectivity index (χ1) is 8.81. The molecule has 0 heterocycles. The van der Waals surface area contributed by atoms with Crippen molar-refractivity contribution in [2.75, 3.05) is 6.54 Å². The Bertz CT molecular complexity index is 500. The van der Waals surface area contributed by atoms with Crippen LogP contribution in [0.4, 0.5) is 0 Å². The van der Waals surface area contributed by atoms with E-state index in [4.69, 9.17) is 17.0 Å². The van der Waals surface area contributed by atoms with Crippen molar-refractivity contribution in [3.63, 3.8) is 0 Å². The average Bonchev–Trinajstić information content (AvgIpc) is 2.23. The van der Waals surface area contributed by atoms with Crippen LogP contribution in [0.3, 0.4) is 0 Å². The van der Waals surface area contributed by atoms with Gasteiger partial charge in [0.1, 0.15) is 0 Å². The second kappa shape index (κ2) is 5.80. The minimum Gasteiger partial charge on any atom is -0.387 e. The number of nitrogens with two attached hydrogens (primary N) is 2. The van der Waals surface area contributed by atoms with E-state index < -0.39 is 6.40 Å². The third kappa shape index (κ3) is 4.81. The maximum absolute atomic E-state index is 7.90. The summed E-state index contributed by atoms with van der Waals surface area (Å²) in [6.07, 6.45) is -0.896. The Labute approximate surface area is 95.3 Å². The lowest BCUT2D eigenvalue weighted by Crippen LogP contribution is -2.16. The van der Waals surface area contributed by atoms with E-state index in [1.165, 1.54) is 12.1 Å². The predicted octanol–water partition coefficient (Wildman–Crippen LogP) is 0.921. The van der Waals surface area contributed by atoms with E-state index in [1.807, 2.05) is 0 Å². The van der Waals surface area contributed by atoms with Crippen molar-refractivity contribution in [2.24, 2.45) is 21.5 Å². The molecule has 80 valence electrons. The van der Waals surface area contributed by atoms with Crippen molar-refractivity contribution in [3.8, 4) is 0 Å². The maximum atomic E-state index is 7.90. The van der Waals surface area contributed by atoms with Crippen molar-refractivity contribution >= 4 is 11.8 Å². The molecule has 4 nitrogen and oxygen atoms in total. The van der Waals surface area contributed by atoms with E-state index in [2.05, 4.69) is 9.98 Å². The number of hydrogen-bond acceptors (Lipinski definition) is 1. The van der Waals surface area contributed by atoms with Crippen molar-refractivity contribution < 1.29 is 5.48 Å². The van der Waals surface area contributed by atoms with Gasteiger partial charge in [-0.05, 0) is 18.9 Å². The Morgan fingerprint density at radius 1 is 1.47 bits per heavy atom. The molecular formula is C11H16N4. The van der Waals surface area contributed by atoms with Crippen molar-refractivity contribution in [1.29, 1.82) is 0 Å². The van der Waals surface area contributed by atoms with Gasteiger partial charge >= 0.3 is 0 Å². The van der Waals surface area contributed by atoms with Crippen LogP contribution < -0.4 is 11.5 Å². The van der Waals surface area contributed by atoms with E-state index in [1.54, 1.807) is 6.92 Å². The molecule has 0 aliphatic carbocycles. The molecule has 0 aromatic heterocycles. The minimum absolute atomic E-state index is 0.00946. The summed E-state index contributed by atoms with van der Waals surface area (Å²) in [5, 5.41) is 0. The Kier molecular flexibility index (Phi) is 2.55. The lowest BCUT2D eigenvalue weighted by Gasteiger charge is -1.97. The lowest BCUT2D eigenvalue weighted by atomic mass is 10.2. The maximum Gasteiger partial charge on any atom is 0.216 e. The van der Waals surface area contributed by atoms with Crippen LogP contribution in [0, 0.1) is 0 Å². The highest BCUT2D eigenvalue weighted by Crippen LogP contribution is 1.99. The molecule has 1 unspecified atom stereocenters. The van der Waals surface area contributed by atoms with E-state index in [0.717, 1.165) is 0 Å². The van der Waals surface area contributed by atoms with Gasteiger partial charge in [-0.2, -0.15) is 0 Å². The number of guanidine groups is 1. The standard InChI is InChI=1S/C11H16N4/c1-9(12)15-11(13)14-8-7-10-5-3-2-4-6-10/h2-6H,7-8H2,1H3,(H4,12,13,14,15)/i2D,5D,6D,7D. The second-order valence-corrected chi connectivity index (χ2v) is 2.81. The third-order valence-electron chi connectivity index (χ3n) is 1.46. The average molecular weight is 208 g/mol. The molecule has 1 aromatic rings. The zero-order valence-corrected chi connectivity index (χ0v) is 8.49. The molecule has 15 heavy (non-hydrogen) atoms. The Hall–Kier alpha value is -1.84. The van der Waals surface area contributed by atoms with Crippen LogP contribution in [-0.2, 0) is 6.40 Å². The molecule has 4 heteroatoms. The summed E-state index contributed by atoms with van der Waals surface area (Å²) in [4.78, 5) is 7.59. The van der Waals surface area contributed by atoms with Gasteiger partial charge in [-0.15, -0.1) is 0 Å². The molecule has 0 spiro atoms. The van der Waals surface area contributed by atoms with Gasteiger partial charge < -0.3 is 11.5 Å². The van der Waals surface area contributed by atoms with Gasteiger partial charge in [0.05, 0.1) is 9.95 Å². The van der Waals surface area contributed by atoms with Gasteiger partial charge in [0.25, 0.3) is 0 Å². The fourth-order valence-electron chi connectivity index (χ4n) is 0.887. The number of aliphatic imine (C=N–C) groups is 2. The number of benzene rings is 1. The molecular weight excluding hydrogens is 188 g/mol. The SMILES string of the molecule is [2H]c1cc([2H])c(C([2H])CN=C(N)N=C(C)N)c([2H])c1. The molecule has 0 radical (unpaired) electrons. The number of rotatable bonds is 3. The summed E-state index contributed by atoms with van der Waals surface area (Å²) in [7, 11) is 0. The fourth-order valence-corrected chi connectivity index (χ4v) is 0.887. The predicted molar refractivity (Wildman–Crippen MR) is 63.9 cm³/mol. The number of amidine groups is 1. The lowest BCUT2D eigenvalue weighted by molar-refractivity contribution is 0.962. The zero-order valence-electron chi connectivity index (χ0n) is 12.5. The van der Waals surface area contributed by atoms with Crippen LogP contribution in [0.1, 0.15) is 18.0 Å². The quantitative estimate of drug-likeness (QED) is 0.572. The topological polar surface area (TPSA) is 76.8 Å². The van der Waals surface area contributed by atoms with Crippen LogP contribution in [0.5, 0.6) is 0 Å². The summed E-state index contributed by atoms with van der Waals surface area (Å²) in [6, 6.07) is 2.65. The van der Waals surface area contributed by atoms with Crippen LogP contribution in [0.15, 0.2) is 40.2 Å². The molecule has 1 atom stereocenters. The Morgan fingerprint density at radius 2 is 2.13 bits per heavy atom. The van der Waals surface area contributed by atoms with Gasteiger partial charge in [-0.3, -0.25) is 4.99 Å². The van der Waals surface area contributed by atoms with Gasteiger partial charge in [0, 0.05) is 7.92 Å². The van der Waals surface area contributed by atoms with Crippen molar-refractivity contribution in [1.82, 2.24) is 0 Å². The molecule has 0 bridgehead atoms. The highest BCUT2D eigenvalue weighted by atomic mass is 15.1. The second-order valence-electron chi connectivity index (χ2n) is 2.81. The van der Waals surface area contributed by atoms with Crippen molar-refractivity contribution in [2.45, 2.75) is 13.3 Å². The molecule has 0 fully saturated rings. The van der Waals surface area contributed by atoms with Gasteiger partial charge in [0.15, 0.2) is 0 Å². The molecule has 1 rings (SSSR count). The van der Waals surface area contributed by atoms with Crippen LogP contribution >= 0.6 is 0 Å². The summed E-state index contributed by atoms with van der Waals surface area (Å²) in [5.41, 5.74) is 11.0. The molecule has 0 saturated heterocycles. The summed E-state index contributed by atoms with van der Waals surface area (Å²) >= 11 is 0. The largest absolute Gasteiger partial charge is 0.387 e. The molecule has 1 aromatic carbocycles. The molecule has 0 amide bonds. The van der Waals surface area contributed by atoms with Crippen molar-refractivity contribution in [3.05, 3.63) is 35.8 Å². The summed E-state index contributed by atoms with van der Waals surface area (Å²) in [5.74, 6) is 0.233. The van der Waals surface area contributed by atoms with Gasteiger partial charge in [0.2, 0.25) is 5.96 Å². The smallest absolute Gasteiger partial charge is 0.216 e. The minimum atomic E-state index is -0.896. The number of nitrogens with zero attached hydrogens (tertiary/aromatic N) is 2.